The Morgan fingerprint density at radius 1 is 0.414 bits per heavy atom. The fourth-order valence-electron chi connectivity index (χ4n) is 11.1. The van der Waals surface area contributed by atoms with Crippen molar-refractivity contribution in [2.45, 2.75) is 234 Å². The minimum absolute atomic E-state index is 0.0111. The van der Waals surface area contributed by atoms with E-state index in [9.17, 15) is 0 Å². The molecule has 70 heavy (non-hydrogen) atoms. The van der Waals surface area contributed by atoms with Crippen molar-refractivity contribution in [3.63, 3.8) is 0 Å². The van der Waals surface area contributed by atoms with Crippen LogP contribution in [0.15, 0.2) is 59.3 Å². The SMILES string of the molecule is CCCCCCCCCCCCc1csc(-c2ccc3c(c2)N(CC(CC)CCCC)C(=O)/C3=C2/C(=O)N(CC(CC)CCCC)c3cc(-c4cc(CCCCCCCCCCCC)cs4)ccc32)c1. The first-order valence-electron chi connectivity index (χ1n) is 29.2. The fourth-order valence-corrected chi connectivity index (χ4v) is 13.0. The van der Waals surface area contributed by atoms with Crippen molar-refractivity contribution in [1.82, 2.24) is 0 Å². The van der Waals surface area contributed by atoms with Gasteiger partial charge in [0, 0.05) is 34.0 Å². The van der Waals surface area contributed by atoms with Crippen molar-refractivity contribution in [3.8, 4) is 20.9 Å². The van der Waals surface area contributed by atoms with E-state index in [0.717, 1.165) is 86.7 Å². The van der Waals surface area contributed by atoms with Gasteiger partial charge in [0.05, 0.1) is 22.5 Å². The van der Waals surface area contributed by atoms with Crippen LogP contribution in [-0.2, 0) is 22.4 Å². The number of anilines is 2. The number of fused-ring (bicyclic) bond motifs is 2. The van der Waals surface area contributed by atoms with E-state index in [0.29, 0.717) is 36.1 Å². The van der Waals surface area contributed by atoms with Crippen LogP contribution in [0.4, 0.5) is 11.4 Å². The topological polar surface area (TPSA) is 40.6 Å². The largest absolute Gasteiger partial charge is 0.307 e. The van der Waals surface area contributed by atoms with Crippen LogP contribution < -0.4 is 9.80 Å². The molecule has 2 aromatic heterocycles. The van der Waals surface area contributed by atoms with E-state index in [2.05, 4.69) is 111 Å². The smallest absolute Gasteiger partial charge is 0.259 e. The summed E-state index contributed by atoms with van der Waals surface area (Å²) in [7, 11) is 0. The molecular formula is C64H94N2O2S2. The van der Waals surface area contributed by atoms with Crippen LogP contribution in [0.1, 0.15) is 244 Å². The zero-order chi connectivity index (χ0) is 49.5. The number of aryl methyl sites for hydroxylation is 2. The number of rotatable bonds is 36. The maximum Gasteiger partial charge on any atom is 0.259 e. The molecule has 0 fully saturated rings. The summed E-state index contributed by atoms with van der Waals surface area (Å²) in [5, 5.41) is 4.70. The van der Waals surface area contributed by atoms with E-state index in [1.165, 1.54) is 160 Å². The highest BCUT2D eigenvalue weighted by Crippen LogP contribution is 2.50. The number of carbonyl (C=O) groups excluding carboxylic acids is 2. The first kappa shape index (κ1) is 55.8. The van der Waals surface area contributed by atoms with Gasteiger partial charge in [0.1, 0.15) is 0 Å². The van der Waals surface area contributed by atoms with Gasteiger partial charge in [-0.05, 0) is 108 Å². The number of hydrogen-bond donors (Lipinski definition) is 0. The lowest BCUT2D eigenvalue weighted by Crippen LogP contribution is -2.34. The Hall–Kier alpha value is -3.48. The number of nitrogens with zero attached hydrogens (tertiary/aromatic N) is 2. The number of hydrogen-bond acceptors (Lipinski definition) is 4. The monoisotopic (exact) mass is 987 g/mol. The molecule has 0 saturated heterocycles. The molecule has 2 aliphatic heterocycles. The van der Waals surface area contributed by atoms with E-state index in [1.807, 2.05) is 22.7 Å². The van der Waals surface area contributed by atoms with E-state index in [1.54, 1.807) is 0 Å². The molecule has 4 aromatic rings. The highest BCUT2D eigenvalue weighted by molar-refractivity contribution is 7.14. The summed E-state index contributed by atoms with van der Waals surface area (Å²) in [4.78, 5) is 37.2. The minimum Gasteiger partial charge on any atom is -0.307 e. The molecule has 6 rings (SSSR count). The maximum absolute atomic E-state index is 15.3. The predicted octanol–water partition coefficient (Wildman–Crippen LogP) is 20.1. The van der Waals surface area contributed by atoms with Gasteiger partial charge in [-0.1, -0.05) is 220 Å². The van der Waals surface area contributed by atoms with Crippen LogP contribution >= 0.6 is 22.7 Å². The van der Waals surface area contributed by atoms with Crippen molar-refractivity contribution in [3.05, 3.63) is 81.5 Å². The maximum atomic E-state index is 15.3. The minimum atomic E-state index is -0.0111. The second-order valence-corrected chi connectivity index (χ2v) is 23.2. The highest BCUT2D eigenvalue weighted by Gasteiger charge is 2.43. The fraction of sp³-hybridized carbons (Fsp3) is 0.625. The lowest BCUT2D eigenvalue weighted by Gasteiger charge is -2.24. The van der Waals surface area contributed by atoms with Gasteiger partial charge < -0.3 is 9.80 Å². The van der Waals surface area contributed by atoms with Crippen LogP contribution in [0.5, 0.6) is 0 Å². The molecule has 0 radical (unpaired) electrons. The van der Waals surface area contributed by atoms with Gasteiger partial charge in [-0.3, -0.25) is 9.59 Å². The third-order valence-corrected chi connectivity index (χ3v) is 17.8. The molecule has 2 aromatic carbocycles. The van der Waals surface area contributed by atoms with Crippen LogP contribution in [0.3, 0.4) is 0 Å². The number of benzene rings is 2. The molecule has 2 unspecified atom stereocenters. The first-order valence-corrected chi connectivity index (χ1v) is 30.9. The van der Waals surface area contributed by atoms with Crippen molar-refractivity contribution >= 4 is 57.0 Å². The Morgan fingerprint density at radius 3 is 1.10 bits per heavy atom. The Kier molecular flexibility index (Phi) is 24.3. The van der Waals surface area contributed by atoms with Gasteiger partial charge in [-0.2, -0.15) is 0 Å². The normalized spacial score (nSPS) is 15.4. The number of thiophene rings is 2. The zero-order valence-corrected chi connectivity index (χ0v) is 46.7. The highest BCUT2D eigenvalue weighted by atomic mass is 32.1. The third kappa shape index (κ3) is 15.8. The molecule has 4 nitrogen and oxygen atoms in total. The Balaban J connectivity index is 1.25. The third-order valence-electron chi connectivity index (χ3n) is 15.8. The van der Waals surface area contributed by atoms with E-state index < -0.39 is 0 Å². The summed E-state index contributed by atoms with van der Waals surface area (Å²) in [5.74, 6) is 0.773. The summed E-state index contributed by atoms with van der Waals surface area (Å²) >= 11 is 3.65. The lowest BCUT2D eigenvalue weighted by molar-refractivity contribution is -0.114. The van der Waals surface area contributed by atoms with Gasteiger partial charge in [-0.15, -0.1) is 22.7 Å². The quantitative estimate of drug-likeness (QED) is 0.0337. The van der Waals surface area contributed by atoms with Crippen LogP contribution in [-0.4, -0.2) is 24.9 Å². The number of carbonyl (C=O) groups is 2. The number of unbranched alkanes of at least 4 members (excludes halogenated alkanes) is 20. The van der Waals surface area contributed by atoms with Crippen molar-refractivity contribution in [2.75, 3.05) is 22.9 Å². The number of amides is 2. The van der Waals surface area contributed by atoms with Crippen molar-refractivity contribution in [1.29, 1.82) is 0 Å². The summed E-state index contributed by atoms with van der Waals surface area (Å²) in [5.41, 5.74) is 10.1. The molecule has 4 heterocycles. The molecule has 0 bridgehead atoms. The molecule has 0 aliphatic carbocycles. The zero-order valence-electron chi connectivity index (χ0n) is 45.1. The average molecular weight is 988 g/mol. The molecule has 2 atom stereocenters. The molecule has 0 spiro atoms. The van der Waals surface area contributed by atoms with E-state index in [4.69, 9.17) is 0 Å². The molecule has 2 aliphatic rings. The lowest BCUT2D eigenvalue weighted by atomic mass is 9.94. The summed E-state index contributed by atoms with van der Waals surface area (Å²) < 4.78 is 0. The van der Waals surface area contributed by atoms with Gasteiger partial charge in [0.2, 0.25) is 0 Å². The van der Waals surface area contributed by atoms with E-state index in [-0.39, 0.29) is 11.8 Å². The molecule has 0 saturated carbocycles. The van der Waals surface area contributed by atoms with Gasteiger partial charge in [-0.25, -0.2) is 0 Å². The van der Waals surface area contributed by atoms with Crippen LogP contribution in [0, 0.1) is 11.8 Å². The van der Waals surface area contributed by atoms with Crippen LogP contribution in [0.25, 0.3) is 32.0 Å². The standard InChI is InChI=1S/C64H94N2O2S2/c1-7-13-17-19-21-23-25-27-29-31-35-51-41-59(69-47-51)53-37-39-55-57(43-53)65(45-49(11-5)33-15-9-3)63(67)61(55)62-56-40-38-54(44-58(56)66(64(62)68)46-50(12-6)34-16-10-4)60-42-52(48-70-60)36-32-30-28-26-24-22-20-18-14-8-2/h37-44,47-50H,7-36,45-46H2,1-6H3/b62-61+. The summed E-state index contributed by atoms with van der Waals surface area (Å²) in [6, 6.07) is 18.1. The summed E-state index contributed by atoms with van der Waals surface area (Å²) in [6.07, 6.45) is 38.2. The summed E-state index contributed by atoms with van der Waals surface area (Å²) in [6.45, 7) is 15.0. The van der Waals surface area contributed by atoms with Gasteiger partial charge >= 0.3 is 0 Å². The average Bonchev–Trinajstić information content (AvgIpc) is 4.17. The second-order valence-electron chi connectivity index (χ2n) is 21.4. The Labute approximate surface area is 435 Å². The molecule has 0 N–H and O–H groups in total. The van der Waals surface area contributed by atoms with E-state index >= 15 is 9.59 Å². The Bertz CT molecular complexity index is 2060. The van der Waals surface area contributed by atoms with Gasteiger partial charge in [0.25, 0.3) is 11.8 Å². The predicted molar refractivity (Wildman–Crippen MR) is 309 cm³/mol. The second kappa shape index (κ2) is 30.5. The van der Waals surface area contributed by atoms with Crippen LogP contribution in [0.2, 0.25) is 0 Å². The van der Waals surface area contributed by atoms with Gasteiger partial charge in [0.15, 0.2) is 0 Å². The first-order chi connectivity index (χ1) is 34.3. The molecule has 384 valence electrons. The molecule has 6 heteroatoms. The Morgan fingerprint density at radius 2 is 0.757 bits per heavy atom. The van der Waals surface area contributed by atoms with Crippen molar-refractivity contribution < 1.29 is 9.59 Å². The molecular weight excluding hydrogens is 893 g/mol. The molecule has 2 amide bonds. The van der Waals surface area contributed by atoms with Crippen molar-refractivity contribution in [2.24, 2.45) is 11.8 Å².